The molecule has 0 unspecified atom stereocenters. The van der Waals surface area contributed by atoms with Crippen molar-refractivity contribution in [2.75, 3.05) is 40.8 Å². The van der Waals surface area contributed by atoms with Crippen LogP contribution in [0.2, 0.25) is 0 Å². The third kappa shape index (κ3) is 13.2. The third-order valence-corrected chi connectivity index (χ3v) is 10.8. The first kappa shape index (κ1) is 45.1. The molecule has 3 aromatic heterocycles. The first-order valence-electron chi connectivity index (χ1n) is 19.1. The van der Waals surface area contributed by atoms with Crippen LogP contribution in [0.4, 0.5) is 0 Å². The van der Waals surface area contributed by atoms with Gasteiger partial charge in [0.05, 0.1) is 12.8 Å². The molecule has 0 radical (unpaired) electrons. The van der Waals surface area contributed by atoms with Crippen molar-refractivity contribution in [1.29, 1.82) is 0 Å². The van der Waals surface area contributed by atoms with Crippen LogP contribution in [0, 0.1) is 41.5 Å². The van der Waals surface area contributed by atoms with Gasteiger partial charge in [0.2, 0.25) is 0 Å². The lowest BCUT2D eigenvalue weighted by Gasteiger charge is -2.21. The number of carboxylic acids is 3. The fourth-order valence-corrected chi connectivity index (χ4v) is 7.79. The van der Waals surface area contributed by atoms with Gasteiger partial charge in [0.25, 0.3) is 0 Å². The van der Waals surface area contributed by atoms with Crippen molar-refractivity contribution in [1.82, 2.24) is 29.7 Å². The number of aliphatic carboxylic acids is 3. The molecule has 3 aliphatic rings. The fraction of sp³-hybridized carbons (Fsp3) is 0.571. The lowest BCUT2D eigenvalue weighted by atomic mass is 9.96. The van der Waals surface area contributed by atoms with Crippen LogP contribution < -0.4 is 0 Å². The minimum atomic E-state index is -2.74. The van der Waals surface area contributed by atoms with Crippen LogP contribution in [0.25, 0.3) is 0 Å². The van der Waals surface area contributed by atoms with Crippen molar-refractivity contribution in [3.8, 4) is 0 Å². The molecule has 3 aliphatic heterocycles. The summed E-state index contributed by atoms with van der Waals surface area (Å²) in [4.78, 5) is 51.0. The molecule has 0 aromatic carbocycles. The first-order chi connectivity index (χ1) is 25.8. The van der Waals surface area contributed by atoms with E-state index in [1.54, 1.807) is 0 Å². The van der Waals surface area contributed by atoms with Gasteiger partial charge in [-0.25, -0.2) is 4.79 Å². The Morgan fingerprint density at radius 1 is 0.582 bits per heavy atom. The molecule has 3 atom stereocenters. The van der Waals surface area contributed by atoms with E-state index in [0.717, 1.165) is 17.1 Å². The number of carbonyl (C=O) groups is 3. The van der Waals surface area contributed by atoms with Crippen LogP contribution in [0.1, 0.15) is 120 Å². The van der Waals surface area contributed by atoms with Crippen LogP contribution in [0.3, 0.4) is 0 Å². The number of aliphatic hydroxyl groups is 1. The number of carboxylic acid groups (broad SMARTS) is 3. The second-order valence-corrected chi connectivity index (χ2v) is 15.4. The molecule has 3 aromatic rings. The third-order valence-electron chi connectivity index (χ3n) is 10.8. The van der Waals surface area contributed by atoms with E-state index >= 15 is 0 Å². The predicted octanol–water partition coefficient (Wildman–Crippen LogP) is 6.15. The zero-order chi connectivity index (χ0) is 41.0. The molecule has 0 aliphatic carbocycles. The maximum absolute atomic E-state index is 10.3. The van der Waals surface area contributed by atoms with Gasteiger partial charge in [0.1, 0.15) is 0 Å². The smallest absolute Gasteiger partial charge is 0.336 e. The van der Waals surface area contributed by atoms with Crippen molar-refractivity contribution in [2.24, 2.45) is 0 Å². The summed E-state index contributed by atoms with van der Waals surface area (Å²) in [7, 11) is 6.62. The van der Waals surface area contributed by atoms with Crippen molar-refractivity contribution < 1.29 is 34.8 Å². The Labute approximate surface area is 326 Å². The summed E-state index contributed by atoms with van der Waals surface area (Å²) in [6.07, 6.45) is 11.7. The summed E-state index contributed by atoms with van der Waals surface area (Å²) in [5, 5.41) is 33.8. The molecule has 6 heterocycles. The molecule has 4 N–H and O–H groups in total. The van der Waals surface area contributed by atoms with Gasteiger partial charge in [-0.2, -0.15) is 0 Å². The van der Waals surface area contributed by atoms with E-state index in [4.69, 9.17) is 20.4 Å². The van der Waals surface area contributed by atoms with Crippen LogP contribution in [-0.4, -0.2) is 114 Å². The summed E-state index contributed by atoms with van der Waals surface area (Å²) in [6, 6.07) is 8.35. The SMILES string of the molecule is Cc1cc(C)c([C@@H]2CCCN2C)cn1.Cc1cc(C)c([C@@H]2CCCN2C)cn1.Cc1cc(C)c([C@@H]2CCCN2C)cn1.O=C(O)CC(O)(CC(=O)O)C(=O)O. The Morgan fingerprint density at radius 2 is 0.855 bits per heavy atom. The van der Waals surface area contributed by atoms with Crippen LogP contribution in [0.15, 0.2) is 36.8 Å². The number of likely N-dealkylation sites (tertiary alicyclic amines) is 3. The largest absolute Gasteiger partial charge is 0.481 e. The zero-order valence-corrected chi connectivity index (χ0v) is 34.2. The Kier molecular flexibility index (Phi) is 16.9. The summed E-state index contributed by atoms with van der Waals surface area (Å²) in [5.41, 5.74) is 9.01. The highest BCUT2D eigenvalue weighted by molar-refractivity contribution is 5.88. The average molecular weight is 763 g/mol. The number of aromatic nitrogens is 3. The van der Waals surface area contributed by atoms with E-state index in [9.17, 15) is 14.4 Å². The highest BCUT2D eigenvalue weighted by Gasteiger charge is 2.40. The number of aryl methyl sites for hydroxylation is 6. The van der Waals surface area contributed by atoms with Gasteiger partial charge in [0, 0.05) is 53.8 Å². The molecule has 3 saturated heterocycles. The summed E-state index contributed by atoms with van der Waals surface area (Å²) < 4.78 is 0. The monoisotopic (exact) mass is 762 g/mol. The molecular formula is C42H62N6O7. The minimum absolute atomic E-state index is 0.600. The average Bonchev–Trinajstić information content (AvgIpc) is 3.83. The van der Waals surface area contributed by atoms with Crippen molar-refractivity contribution >= 4 is 17.9 Å². The lowest BCUT2D eigenvalue weighted by molar-refractivity contribution is -0.170. The molecule has 0 saturated carbocycles. The molecule has 0 amide bonds. The van der Waals surface area contributed by atoms with Gasteiger partial charge in [-0.05, 0) is 172 Å². The summed E-state index contributed by atoms with van der Waals surface area (Å²) in [5.74, 6) is -5.02. The van der Waals surface area contributed by atoms with E-state index in [1.807, 2.05) is 0 Å². The van der Waals surface area contributed by atoms with Crippen LogP contribution in [-0.2, 0) is 14.4 Å². The highest BCUT2D eigenvalue weighted by atomic mass is 16.4. The molecule has 0 spiro atoms. The predicted molar refractivity (Wildman–Crippen MR) is 212 cm³/mol. The van der Waals surface area contributed by atoms with Crippen molar-refractivity contribution in [3.63, 3.8) is 0 Å². The van der Waals surface area contributed by atoms with E-state index in [1.165, 1.54) is 91.5 Å². The molecule has 3 fully saturated rings. The summed E-state index contributed by atoms with van der Waals surface area (Å²) >= 11 is 0. The first-order valence-corrected chi connectivity index (χ1v) is 19.1. The van der Waals surface area contributed by atoms with Gasteiger partial charge >= 0.3 is 17.9 Å². The van der Waals surface area contributed by atoms with Gasteiger partial charge < -0.3 is 20.4 Å². The van der Waals surface area contributed by atoms with Crippen LogP contribution in [0.5, 0.6) is 0 Å². The van der Waals surface area contributed by atoms with Crippen molar-refractivity contribution in [2.45, 2.75) is 117 Å². The second-order valence-electron chi connectivity index (χ2n) is 15.4. The maximum Gasteiger partial charge on any atom is 0.336 e. The Bertz CT molecular complexity index is 1590. The Balaban J connectivity index is 0.000000197. The van der Waals surface area contributed by atoms with Crippen LogP contribution >= 0.6 is 0 Å². The van der Waals surface area contributed by atoms with Gasteiger partial charge in [-0.1, -0.05) is 0 Å². The number of hydrogen-bond acceptors (Lipinski definition) is 10. The zero-order valence-electron chi connectivity index (χ0n) is 34.2. The van der Waals surface area contributed by atoms with E-state index < -0.39 is 36.4 Å². The van der Waals surface area contributed by atoms with E-state index in [-0.39, 0.29) is 0 Å². The molecule has 6 rings (SSSR count). The molecule has 13 heteroatoms. The Morgan fingerprint density at radius 3 is 1.04 bits per heavy atom. The number of pyridine rings is 3. The quantitative estimate of drug-likeness (QED) is 0.206. The number of nitrogens with zero attached hydrogens (tertiary/aromatic N) is 6. The highest BCUT2D eigenvalue weighted by Crippen LogP contribution is 2.34. The number of hydrogen-bond donors (Lipinski definition) is 4. The van der Waals surface area contributed by atoms with Crippen molar-refractivity contribution in [3.05, 3.63) is 87.3 Å². The normalized spacial score (nSPS) is 20.1. The maximum atomic E-state index is 10.3. The second kappa shape index (κ2) is 20.6. The molecule has 302 valence electrons. The molecule has 13 nitrogen and oxygen atoms in total. The van der Waals surface area contributed by atoms with E-state index in [0.29, 0.717) is 18.1 Å². The molecular weight excluding hydrogens is 700 g/mol. The van der Waals surface area contributed by atoms with Gasteiger partial charge in [0.15, 0.2) is 5.60 Å². The van der Waals surface area contributed by atoms with E-state index in [2.05, 4.69) is 129 Å². The Hall–Kier alpha value is -4.30. The lowest BCUT2D eigenvalue weighted by Crippen LogP contribution is -2.42. The number of rotatable bonds is 8. The standard InChI is InChI=1S/3C12H18N2.C6H8O7/c3*1-9-7-10(2)13-8-11(9)12-5-4-6-14(12)3;7-3(8)1-6(13,5(11)12)2-4(9)10/h3*7-8,12H,4-6H2,1-3H3;13H,1-2H2,(H,7,8)(H,9,10)(H,11,12)/t3*12-;/m000./s1. The van der Waals surface area contributed by atoms with Gasteiger partial charge in [-0.3, -0.25) is 39.2 Å². The van der Waals surface area contributed by atoms with Gasteiger partial charge in [-0.15, -0.1) is 0 Å². The minimum Gasteiger partial charge on any atom is -0.481 e. The molecule has 0 bridgehead atoms. The topological polar surface area (TPSA) is 181 Å². The summed E-state index contributed by atoms with van der Waals surface area (Å²) in [6.45, 7) is 16.4. The fourth-order valence-electron chi connectivity index (χ4n) is 7.79. The molecule has 55 heavy (non-hydrogen) atoms.